The largest absolute Gasteiger partial charge is 0.368 e. The maximum atomic E-state index is 11.8. The van der Waals surface area contributed by atoms with Crippen LogP contribution in [0.5, 0.6) is 0 Å². The van der Waals surface area contributed by atoms with E-state index in [1.807, 2.05) is 36.4 Å². The first kappa shape index (κ1) is 14.9. The second-order valence-corrected chi connectivity index (χ2v) is 7.55. The molecule has 1 aliphatic carbocycles. The quantitative estimate of drug-likeness (QED) is 0.875. The molecule has 0 atom stereocenters. The number of nitrogens with one attached hydrogen (secondary N) is 1. The first-order valence-electron chi connectivity index (χ1n) is 7.14. The second-order valence-electron chi connectivity index (χ2n) is 5.59. The highest BCUT2D eigenvalue weighted by Gasteiger charge is 2.46. The number of aromatic nitrogens is 2. The van der Waals surface area contributed by atoms with E-state index in [9.17, 15) is 8.42 Å². The molecule has 116 valence electrons. The van der Waals surface area contributed by atoms with Gasteiger partial charge < -0.3 is 5.32 Å². The van der Waals surface area contributed by atoms with Gasteiger partial charge >= 0.3 is 0 Å². The molecule has 0 saturated heterocycles. The van der Waals surface area contributed by atoms with E-state index in [0.29, 0.717) is 18.7 Å². The van der Waals surface area contributed by atoms with Crippen LogP contribution in [-0.2, 0) is 10.0 Å². The maximum absolute atomic E-state index is 11.8. The van der Waals surface area contributed by atoms with Crippen LogP contribution in [0.4, 0.5) is 5.82 Å². The van der Waals surface area contributed by atoms with E-state index in [2.05, 4.69) is 15.3 Å². The van der Waals surface area contributed by atoms with Crippen molar-refractivity contribution < 1.29 is 8.42 Å². The predicted octanol–water partition coefficient (Wildman–Crippen LogP) is 1.77. The molecule has 1 fully saturated rings. The van der Waals surface area contributed by atoms with Crippen LogP contribution in [0.15, 0.2) is 42.7 Å². The van der Waals surface area contributed by atoms with Crippen molar-refractivity contribution in [2.24, 2.45) is 5.14 Å². The van der Waals surface area contributed by atoms with Gasteiger partial charge in [-0.2, -0.15) is 0 Å². The summed E-state index contributed by atoms with van der Waals surface area (Å²) in [5.41, 5.74) is 1.77. The fraction of sp³-hybridized carbons (Fsp3) is 0.333. The van der Waals surface area contributed by atoms with E-state index < -0.39 is 14.8 Å². The Kier molecular flexibility index (Phi) is 3.84. The van der Waals surface area contributed by atoms with E-state index in [1.165, 1.54) is 6.33 Å². The summed E-state index contributed by atoms with van der Waals surface area (Å²) in [7, 11) is -3.57. The molecule has 2 aromatic rings. The summed E-state index contributed by atoms with van der Waals surface area (Å²) in [4.78, 5) is 8.39. The molecule has 1 heterocycles. The molecule has 0 spiro atoms. The van der Waals surface area contributed by atoms with Crippen molar-refractivity contribution >= 4 is 15.8 Å². The zero-order valence-corrected chi connectivity index (χ0v) is 12.9. The molecular weight excluding hydrogens is 300 g/mol. The van der Waals surface area contributed by atoms with Crippen LogP contribution in [0.25, 0.3) is 11.3 Å². The van der Waals surface area contributed by atoms with E-state index >= 15 is 0 Å². The van der Waals surface area contributed by atoms with Crippen LogP contribution < -0.4 is 10.5 Å². The lowest BCUT2D eigenvalue weighted by Gasteiger charge is -2.39. The lowest BCUT2D eigenvalue weighted by atomic mass is 9.84. The Labute approximate surface area is 129 Å². The molecule has 0 unspecified atom stereocenters. The first-order valence-corrected chi connectivity index (χ1v) is 8.69. The van der Waals surface area contributed by atoms with Gasteiger partial charge in [-0.05, 0) is 12.8 Å². The van der Waals surface area contributed by atoms with Gasteiger partial charge in [-0.3, -0.25) is 0 Å². The van der Waals surface area contributed by atoms with Gasteiger partial charge in [0.15, 0.2) is 0 Å². The normalized spacial score (nSPS) is 16.8. The van der Waals surface area contributed by atoms with Gasteiger partial charge in [-0.15, -0.1) is 0 Å². The summed E-state index contributed by atoms with van der Waals surface area (Å²) in [6.45, 7) is 0.275. The second kappa shape index (κ2) is 5.66. The van der Waals surface area contributed by atoms with E-state index in [4.69, 9.17) is 5.14 Å². The molecule has 1 aliphatic rings. The summed E-state index contributed by atoms with van der Waals surface area (Å²) in [6, 6.07) is 11.6. The van der Waals surface area contributed by atoms with Crippen molar-refractivity contribution in [1.29, 1.82) is 0 Å². The topological polar surface area (TPSA) is 98.0 Å². The van der Waals surface area contributed by atoms with Gasteiger partial charge in [-0.25, -0.2) is 23.5 Å². The van der Waals surface area contributed by atoms with Crippen molar-refractivity contribution in [2.45, 2.75) is 24.0 Å². The average molecular weight is 318 g/mol. The minimum Gasteiger partial charge on any atom is -0.368 e. The average Bonchev–Trinajstić information content (AvgIpc) is 2.46. The Balaban J connectivity index is 1.77. The number of nitrogens with zero attached hydrogens (tertiary/aromatic N) is 2. The zero-order chi connectivity index (χ0) is 15.6. The number of primary sulfonamides is 1. The summed E-state index contributed by atoms with van der Waals surface area (Å²) in [6.07, 6.45) is 3.54. The van der Waals surface area contributed by atoms with Gasteiger partial charge in [0.25, 0.3) is 0 Å². The minimum absolute atomic E-state index is 0.275. The van der Waals surface area contributed by atoms with Gasteiger partial charge in [0, 0.05) is 18.2 Å². The smallest absolute Gasteiger partial charge is 0.216 e. The third-order valence-corrected chi connectivity index (χ3v) is 5.96. The highest BCUT2D eigenvalue weighted by atomic mass is 32.2. The third kappa shape index (κ3) is 2.82. The van der Waals surface area contributed by atoms with Crippen LogP contribution in [0.3, 0.4) is 0 Å². The van der Waals surface area contributed by atoms with Crippen molar-refractivity contribution in [3.8, 4) is 11.3 Å². The summed E-state index contributed by atoms with van der Waals surface area (Å²) in [5.74, 6) is 0.601. The Hall–Kier alpha value is -1.99. The molecule has 3 rings (SSSR count). The van der Waals surface area contributed by atoms with Gasteiger partial charge in [0.05, 0.1) is 5.69 Å². The van der Waals surface area contributed by atoms with Gasteiger partial charge in [-0.1, -0.05) is 36.8 Å². The number of anilines is 1. The van der Waals surface area contributed by atoms with Crippen molar-refractivity contribution in [1.82, 2.24) is 9.97 Å². The molecule has 6 nitrogen and oxygen atoms in total. The molecule has 1 aromatic heterocycles. The molecule has 0 bridgehead atoms. The number of sulfonamides is 1. The Morgan fingerprint density at radius 2 is 1.91 bits per heavy atom. The molecule has 0 radical (unpaired) electrons. The molecule has 1 saturated carbocycles. The highest BCUT2D eigenvalue weighted by Crippen LogP contribution is 2.38. The Morgan fingerprint density at radius 1 is 1.18 bits per heavy atom. The van der Waals surface area contributed by atoms with E-state index in [0.717, 1.165) is 17.7 Å². The highest BCUT2D eigenvalue weighted by molar-refractivity contribution is 7.90. The van der Waals surface area contributed by atoms with Crippen molar-refractivity contribution in [2.75, 3.05) is 11.9 Å². The molecule has 0 aliphatic heterocycles. The maximum Gasteiger partial charge on any atom is 0.216 e. The lowest BCUT2D eigenvalue weighted by molar-refractivity contribution is 0.351. The molecule has 0 amide bonds. The van der Waals surface area contributed by atoms with Crippen molar-refractivity contribution in [3.05, 3.63) is 42.7 Å². The number of rotatable bonds is 5. The summed E-state index contributed by atoms with van der Waals surface area (Å²) in [5, 5.41) is 8.45. The fourth-order valence-electron chi connectivity index (χ4n) is 2.61. The van der Waals surface area contributed by atoms with Crippen LogP contribution in [0.2, 0.25) is 0 Å². The van der Waals surface area contributed by atoms with Crippen LogP contribution in [-0.4, -0.2) is 29.7 Å². The van der Waals surface area contributed by atoms with Gasteiger partial charge in [0.2, 0.25) is 10.0 Å². The van der Waals surface area contributed by atoms with Crippen LogP contribution in [0.1, 0.15) is 19.3 Å². The first-order chi connectivity index (χ1) is 10.5. The van der Waals surface area contributed by atoms with Gasteiger partial charge in [0.1, 0.15) is 16.9 Å². The number of hydrogen-bond acceptors (Lipinski definition) is 5. The number of hydrogen-bond donors (Lipinski definition) is 2. The van der Waals surface area contributed by atoms with Crippen molar-refractivity contribution in [3.63, 3.8) is 0 Å². The fourth-order valence-corrected chi connectivity index (χ4v) is 3.74. The van der Waals surface area contributed by atoms with E-state index in [1.54, 1.807) is 0 Å². The zero-order valence-electron chi connectivity index (χ0n) is 12.1. The third-order valence-electron chi connectivity index (χ3n) is 4.20. The monoisotopic (exact) mass is 318 g/mol. The Bertz CT molecular complexity index is 758. The minimum atomic E-state index is -3.57. The predicted molar refractivity (Wildman–Crippen MR) is 85.6 cm³/mol. The Morgan fingerprint density at radius 3 is 2.50 bits per heavy atom. The molecular formula is C15H18N4O2S. The standard InChI is InChI=1S/C15H18N4O2S/c16-22(20,21)15(7-4-8-15)10-17-14-9-13(18-11-19-14)12-5-2-1-3-6-12/h1-3,5-6,9,11H,4,7-8,10H2,(H2,16,20,21)(H,17,18,19). The lowest BCUT2D eigenvalue weighted by Crippen LogP contribution is -2.53. The molecule has 3 N–H and O–H groups in total. The SMILES string of the molecule is NS(=O)(=O)C1(CNc2cc(-c3ccccc3)ncn2)CCC1. The van der Waals surface area contributed by atoms with Crippen LogP contribution >= 0.6 is 0 Å². The number of nitrogens with two attached hydrogens (primary N) is 1. The molecule has 1 aromatic carbocycles. The number of benzene rings is 1. The van der Waals surface area contributed by atoms with E-state index in [-0.39, 0.29) is 6.54 Å². The molecule has 22 heavy (non-hydrogen) atoms. The molecule has 7 heteroatoms. The van der Waals surface area contributed by atoms with Crippen LogP contribution in [0, 0.1) is 0 Å². The summed E-state index contributed by atoms with van der Waals surface area (Å²) < 4.78 is 22.6. The summed E-state index contributed by atoms with van der Waals surface area (Å²) >= 11 is 0.